The van der Waals surface area contributed by atoms with E-state index >= 15 is 4.39 Å². The highest BCUT2D eigenvalue weighted by Crippen LogP contribution is 2.35. The summed E-state index contributed by atoms with van der Waals surface area (Å²) in [7, 11) is 1.74. The zero-order valence-electron chi connectivity index (χ0n) is 26.0. The molecule has 0 atom stereocenters. The number of methoxy groups -OCH3 is 1. The first-order chi connectivity index (χ1) is 21.4. The molecule has 0 spiro atoms. The van der Waals surface area contributed by atoms with E-state index in [1.54, 1.807) is 13.2 Å². The highest BCUT2D eigenvalue weighted by Gasteiger charge is 2.27. The second kappa shape index (κ2) is 14.9. The SMILES string of the molecule is CCOC(=O)C1CCN(c2cccc(-c3cc(F)cc(F)c3OCc3ccc(C4CCN(CCOC)CC4)cc3C)n2)CC1. The van der Waals surface area contributed by atoms with Gasteiger partial charge in [-0.05, 0) is 93.4 Å². The summed E-state index contributed by atoms with van der Waals surface area (Å²) in [6, 6.07) is 14.0. The third-order valence-electron chi connectivity index (χ3n) is 8.87. The Labute approximate surface area is 259 Å². The number of esters is 1. The number of nitrogens with zero attached hydrogens (tertiary/aromatic N) is 3. The van der Waals surface area contributed by atoms with E-state index in [2.05, 4.69) is 28.0 Å². The Hall–Kier alpha value is -3.56. The van der Waals surface area contributed by atoms with E-state index in [4.69, 9.17) is 19.2 Å². The summed E-state index contributed by atoms with van der Waals surface area (Å²) in [5.74, 6) is -0.561. The van der Waals surface area contributed by atoms with Crippen LogP contribution in [0.2, 0.25) is 0 Å². The van der Waals surface area contributed by atoms with Crippen molar-refractivity contribution in [2.24, 2.45) is 5.92 Å². The summed E-state index contributed by atoms with van der Waals surface area (Å²) in [4.78, 5) is 21.4. The van der Waals surface area contributed by atoms with Gasteiger partial charge in [-0.15, -0.1) is 0 Å². The molecule has 0 N–H and O–H groups in total. The van der Waals surface area contributed by atoms with Crippen LogP contribution in [0.15, 0.2) is 48.5 Å². The molecule has 7 nitrogen and oxygen atoms in total. The number of carbonyl (C=O) groups excluding carboxylic acids is 1. The first-order valence-corrected chi connectivity index (χ1v) is 15.7. The monoisotopic (exact) mass is 607 g/mol. The molecular weight excluding hydrogens is 564 g/mol. The lowest BCUT2D eigenvalue weighted by atomic mass is 9.88. The van der Waals surface area contributed by atoms with E-state index in [-0.39, 0.29) is 29.8 Å². The molecular formula is C35H43F2N3O4. The summed E-state index contributed by atoms with van der Waals surface area (Å²) in [6.45, 7) is 9.51. The average molecular weight is 608 g/mol. The van der Waals surface area contributed by atoms with Gasteiger partial charge in [-0.2, -0.15) is 0 Å². The molecule has 44 heavy (non-hydrogen) atoms. The van der Waals surface area contributed by atoms with Crippen LogP contribution >= 0.6 is 0 Å². The maximum Gasteiger partial charge on any atom is 0.309 e. The standard InChI is InChI=1S/C35H43F2N3O4/c1-4-43-35(41)26-12-16-40(17-13-26)33-7-5-6-32(38-33)30-21-29(36)22-31(37)34(30)44-23-28-9-8-27(20-24(28)2)25-10-14-39(15-11-25)18-19-42-3/h5-9,20-22,25-26H,4,10-19,23H2,1-3H3. The average Bonchev–Trinajstić information content (AvgIpc) is 3.04. The predicted molar refractivity (Wildman–Crippen MR) is 167 cm³/mol. The van der Waals surface area contributed by atoms with Crippen molar-refractivity contribution in [1.29, 1.82) is 0 Å². The number of hydrogen-bond donors (Lipinski definition) is 0. The van der Waals surface area contributed by atoms with Crippen LogP contribution in [0.5, 0.6) is 5.75 Å². The molecule has 3 heterocycles. The van der Waals surface area contributed by atoms with Gasteiger partial charge < -0.3 is 24.0 Å². The van der Waals surface area contributed by atoms with E-state index in [9.17, 15) is 9.18 Å². The Kier molecular flexibility index (Phi) is 10.8. The van der Waals surface area contributed by atoms with Gasteiger partial charge in [0, 0.05) is 38.4 Å². The van der Waals surface area contributed by atoms with Crippen LogP contribution in [0.1, 0.15) is 55.2 Å². The fourth-order valence-electron chi connectivity index (χ4n) is 6.25. The van der Waals surface area contributed by atoms with Gasteiger partial charge in [-0.1, -0.05) is 24.3 Å². The molecule has 0 radical (unpaired) electrons. The van der Waals surface area contributed by atoms with Gasteiger partial charge >= 0.3 is 5.97 Å². The van der Waals surface area contributed by atoms with Crippen molar-refractivity contribution in [2.45, 2.75) is 52.1 Å². The van der Waals surface area contributed by atoms with E-state index in [1.807, 2.05) is 26.0 Å². The molecule has 0 aliphatic carbocycles. The number of pyridine rings is 1. The van der Waals surface area contributed by atoms with Gasteiger partial charge in [0.15, 0.2) is 11.6 Å². The van der Waals surface area contributed by atoms with Crippen LogP contribution < -0.4 is 9.64 Å². The van der Waals surface area contributed by atoms with Crippen molar-refractivity contribution in [1.82, 2.24) is 9.88 Å². The summed E-state index contributed by atoms with van der Waals surface area (Å²) in [5.41, 5.74) is 4.04. The molecule has 5 rings (SSSR count). The first kappa shape index (κ1) is 31.9. The van der Waals surface area contributed by atoms with Gasteiger partial charge in [-0.3, -0.25) is 4.79 Å². The van der Waals surface area contributed by atoms with Crippen molar-refractivity contribution in [3.05, 3.63) is 76.9 Å². The summed E-state index contributed by atoms with van der Waals surface area (Å²) in [6.07, 6.45) is 3.55. The molecule has 0 unspecified atom stereocenters. The molecule has 0 saturated carbocycles. The molecule has 2 aromatic carbocycles. The van der Waals surface area contributed by atoms with Crippen molar-refractivity contribution in [2.75, 3.05) is 57.9 Å². The third-order valence-corrected chi connectivity index (χ3v) is 8.87. The predicted octanol–water partition coefficient (Wildman–Crippen LogP) is 6.52. The second-order valence-corrected chi connectivity index (χ2v) is 11.7. The Morgan fingerprint density at radius 1 is 1.00 bits per heavy atom. The van der Waals surface area contributed by atoms with Crippen LogP contribution in [0.25, 0.3) is 11.3 Å². The zero-order chi connectivity index (χ0) is 31.1. The van der Waals surface area contributed by atoms with Crippen molar-refractivity contribution >= 4 is 11.8 Å². The van der Waals surface area contributed by atoms with Crippen LogP contribution in [-0.2, 0) is 20.9 Å². The minimum Gasteiger partial charge on any atom is -0.485 e. The Morgan fingerprint density at radius 2 is 1.77 bits per heavy atom. The first-order valence-electron chi connectivity index (χ1n) is 15.7. The molecule has 2 aliphatic rings. The molecule has 0 amide bonds. The van der Waals surface area contributed by atoms with Gasteiger partial charge in [-0.25, -0.2) is 13.8 Å². The summed E-state index contributed by atoms with van der Waals surface area (Å²) < 4.78 is 46.1. The smallest absolute Gasteiger partial charge is 0.309 e. The molecule has 3 aromatic rings. The van der Waals surface area contributed by atoms with Crippen molar-refractivity contribution < 1.29 is 27.8 Å². The minimum atomic E-state index is -0.767. The highest BCUT2D eigenvalue weighted by atomic mass is 19.1. The molecule has 2 saturated heterocycles. The van der Waals surface area contributed by atoms with Gasteiger partial charge in [0.2, 0.25) is 0 Å². The molecule has 2 fully saturated rings. The fourth-order valence-corrected chi connectivity index (χ4v) is 6.25. The normalized spacial score (nSPS) is 16.7. The summed E-state index contributed by atoms with van der Waals surface area (Å²) >= 11 is 0. The van der Waals surface area contributed by atoms with Crippen LogP contribution in [-0.4, -0.2) is 68.9 Å². The quantitative estimate of drug-likeness (QED) is 0.230. The molecule has 2 aliphatic heterocycles. The Bertz CT molecular complexity index is 1420. The van der Waals surface area contributed by atoms with Crippen molar-refractivity contribution in [3.63, 3.8) is 0 Å². The van der Waals surface area contributed by atoms with Crippen LogP contribution in [0.4, 0.5) is 14.6 Å². The second-order valence-electron chi connectivity index (χ2n) is 11.7. The number of benzene rings is 2. The van der Waals surface area contributed by atoms with Gasteiger partial charge in [0.05, 0.1) is 24.8 Å². The van der Waals surface area contributed by atoms with Gasteiger partial charge in [0.25, 0.3) is 0 Å². The maximum absolute atomic E-state index is 15.2. The fraction of sp³-hybridized carbons (Fsp3) is 0.486. The van der Waals surface area contributed by atoms with E-state index in [0.29, 0.717) is 50.0 Å². The van der Waals surface area contributed by atoms with Gasteiger partial charge in [0.1, 0.15) is 18.2 Å². The molecule has 9 heteroatoms. The number of ether oxygens (including phenoxy) is 3. The van der Waals surface area contributed by atoms with Crippen molar-refractivity contribution in [3.8, 4) is 17.0 Å². The number of likely N-dealkylation sites (tertiary alicyclic amines) is 1. The molecule has 0 bridgehead atoms. The number of halogens is 2. The van der Waals surface area contributed by atoms with E-state index in [0.717, 1.165) is 56.3 Å². The maximum atomic E-state index is 15.2. The third kappa shape index (κ3) is 7.74. The number of hydrogen-bond acceptors (Lipinski definition) is 7. The number of aryl methyl sites for hydroxylation is 1. The number of aromatic nitrogens is 1. The summed E-state index contributed by atoms with van der Waals surface area (Å²) in [5, 5.41) is 0. The van der Waals surface area contributed by atoms with E-state index < -0.39 is 11.6 Å². The Balaban J connectivity index is 1.27. The van der Waals surface area contributed by atoms with E-state index in [1.165, 1.54) is 11.6 Å². The molecule has 236 valence electrons. The largest absolute Gasteiger partial charge is 0.485 e. The number of piperidine rings is 2. The highest BCUT2D eigenvalue weighted by molar-refractivity contribution is 5.73. The lowest BCUT2D eigenvalue weighted by Gasteiger charge is -2.32. The minimum absolute atomic E-state index is 0.0241. The van der Waals surface area contributed by atoms with Crippen LogP contribution in [0.3, 0.4) is 0 Å². The number of rotatable bonds is 11. The van der Waals surface area contributed by atoms with Crippen LogP contribution in [0, 0.1) is 24.5 Å². The Morgan fingerprint density at radius 3 is 2.48 bits per heavy atom. The molecule has 1 aromatic heterocycles. The lowest BCUT2D eigenvalue weighted by Crippen LogP contribution is -2.37. The number of carbonyl (C=O) groups is 1. The topological polar surface area (TPSA) is 64.1 Å². The lowest BCUT2D eigenvalue weighted by molar-refractivity contribution is -0.148. The number of anilines is 1. The zero-order valence-corrected chi connectivity index (χ0v) is 26.0.